The van der Waals surface area contributed by atoms with Crippen LogP contribution in [-0.4, -0.2) is 34.5 Å². The average Bonchev–Trinajstić information content (AvgIpc) is 2.36. The first kappa shape index (κ1) is 15.3. The highest BCUT2D eigenvalue weighted by Gasteiger charge is 2.31. The molecule has 0 aromatic carbocycles. The second-order valence-corrected chi connectivity index (χ2v) is 6.29. The van der Waals surface area contributed by atoms with Gasteiger partial charge in [0.1, 0.15) is 0 Å². The lowest BCUT2D eigenvalue weighted by atomic mass is 9.81. The quantitative estimate of drug-likeness (QED) is 0.778. The van der Waals surface area contributed by atoms with Crippen LogP contribution in [0.4, 0.5) is 0 Å². The summed E-state index contributed by atoms with van der Waals surface area (Å²) in [6.45, 7) is 4.09. The Bertz CT molecular complexity index is 296. The van der Waals surface area contributed by atoms with Gasteiger partial charge < -0.3 is 10.4 Å². The largest absolute Gasteiger partial charge is 0.481 e. The molecule has 0 radical (unpaired) electrons. The highest BCUT2D eigenvalue weighted by Crippen LogP contribution is 2.29. The van der Waals surface area contributed by atoms with Crippen molar-refractivity contribution in [2.45, 2.75) is 45.6 Å². The van der Waals surface area contributed by atoms with Crippen LogP contribution in [0.25, 0.3) is 0 Å². The number of thioether (sulfide) groups is 1. The Balaban J connectivity index is 2.38. The highest BCUT2D eigenvalue weighted by atomic mass is 32.2. The molecule has 1 saturated carbocycles. The number of nitrogens with one attached hydrogen (secondary N) is 1. The van der Waals surface area contributed by atoms with Crippen molar-refractivity contribution in [3.05, 3.63) is 0 Å². The molecule has 0 spiro atoms. The first-order valence-corrected chi connectivity index (χ1v) is 7.81. The number of rotatable bonds is 6. The van der Waals surface area contributed by atoms with Gasteiger partial charge in [0.25, 0.3) is 0 Å². The lowest BCUT2D eigenvalue weighted by Gasteiger charge is -2.27. The van der Waals surface area contributed by atoms with Crippen molar-refractivity contribution < 1.29 is 14.7 Å². The van der Waals surface area contributed by atoms with Gasteiger partial charge in [0.2, 0.25) is 5.91 Å². The van der Waals surface area contributed by atoms with Crippen molar-refractivity contribution in [2.75, 3.05) is 11.5 Å². The van der Waals surface area contributed by atoms with Gasteiger partial charge >= 0.3 is 5.97 Å². The maximum Gasteiger partial charge on any atom is 0.306 e. The monoisotopic (exact) mass is 273 g/mol. The Morgan fingerprint density at radius 2 is 2.06 bits per heavy atom. The van der Waals surface area contributed by atoms with Crippen molar-refractivity contribution in [3.8, 4) is 0 Å². The van der Waals surface area contributed by atoms with Crippen LogP contribution in [-0.2, 0) is 9.59 Å². The van der Waals surface area contributed by atoms with Crippen molar-refractivity contribution in [3.63, 3.8) is 0 Å². The van der Waals surface area contributed by atoms with Crippen molar-refractivity contribution in [1.82, 2.24) is 5.32 Å². The summed E-state index contributed by atoms with van der Waals surface area (Å²) in [5.41, 5.74) is 0. The lowest BCUT2D eigenvalue weighted by molar-refractivity contribution is -0.144. The summed E-state index contributed by atoms with van der Waals surface area (Å²) in [4.78, 5) is 23.0. The van der Waals surface area contributed by atoms with Crippen molar-refractivity contribution in [2.24, 2.45) is 11.8 Å². The molecule has 18 heavy (non-hydrogen) atoms. The first-order chi connectivity index (χ1) is 8.54. The number of hydrogen-bond acceptors (Lipinski definition) is 3. The molecule has 3 atom stereocenters. The Morgan fingerprint density at radius 1 is 1.39 bits per heavy atom. The van der Waals surface area contributed by atoms with Gasteiger partial charge in [0.15, 0.2) is 0 Å². The number of carbonyl (C=O) groups is 2. The molecule has 0 saturated heterocycles. The molecule has 1 amide bonds. The Labute approximate surface area is 113 Å². The highest BCUT2D eigenvalue weighted by molar-refractivity contribution is 7.99. The van der Waals surface area contributed by atoms with E-state index in [9.17, 15) is 9.59 Å². The molecule has 1 aliphatic carbocycles. The number of carboxylic acids is 1. The maximum absolute atomic E-state index is 12.0. The molecule has 1 rings (SSSR count). The molecular formula is C13H23NO3S. The normalized spacial score (nSPS) is 25.4. The van der Waals surface area contributed by atoms with Crippen LogP contribution in [0.2, 0.25) is 0 Å². The molecule has 5 heteroatoms. The lowest BCUT2D eigenvalue weighted by Crippen LogP contribution is -2.40. The first-order valence-electron chi connectivity index (χ1n) is 6.65. The Kier molecular flexibility index (Phi) is 6.54. The van der Waals surface area contributed by atoms with E-state index in [0.29, 0.717) is 12.8 Å². The Morgan fingerprint density at radius 3 is 2.67 bits per heavy atom. The van der Waals surface area contributed by atoms with Crippen LogP contribution in [0.15, 0.2) is 0 Å². The number of amides is 1. The third-order valence-corrected chi connectivity index (χ3v) is 4.50. The maximum atomic E-state index is 12.0. The summed E-state index contributed by atoms with van der Waals surface area (Å²) in [7, 11) is 0. The third kappa shape index (κ3) is 4.88. The minimum absolute atomic E-state index is 0.0325. The zero-order valence-corrected chi connectivity index (χ0v) is 12.0. The molecule has 1 fully saturated rings. The molecule has 4 nitrogen and oxygen atoms in total. The topological polar surface area (TPSA) is 66.4 Å². The van der Waals surface area contributed by atoms with E-state index in [-0.39, 0.29) is 23.8 Å². The predicted octanol–water partition coefficient (Wildman–Crippen LogP) is 2.14. The van der Waals surface area contributed by atoms with Gasteiger partial charge in [0, 0.05) is 17.7 Å². The van der Waals surface area contributed by atoms with E-state index in [0.717, 1.165) is 24.3 Å². The van der Waals surface area contributed by atoms with Gasteiger partial charge in [-0.15, -0.1) is 0 Å². The number of aliphatic carboxylic acids is 1. The fraction of sp³-hybridized carbons (Fsp3) is 0.846. The second-order valence-electron chi connectivity index (χ2n) is 4.97. The minimum atomic E-state index is -0.762. The van der Waals surface area contributed by atoms with E-state index in [1.54, 1.807) is 11.8 Å². The standard InChI is InChI=1S/C13H23NO3S/c1-3-18-8-9(2)14-12(15)10-5-4-6-11(7-10)13(16)17/h9-11H,3-8H2,1-2H3,(H,14,15)(H,16,17). The van der Waals surface area contributed by atoms with Crippen LogP contribution in [0.3, 0.4) is 0 Å². The molecule has 1 aliphatic rings. The van der Waals surface area contributed by atoms with Crippen LogP contribution < -0.4 is 5.32 Å². The molecule has 2 N–H and O–H groups in total. The van der Waals surface area contributed by atoms with Crippen molar-refractivity contribution >= 4 is 23.6 Å². The number of carboxylic acid groups (broad SMARTS) is 1. The molecule has 0 aromatic heterocycles. The zero-order valence-electron chi connectivity index (χ0n) is 11.1. The summed E-state index contributed by atoms with van der Waals surface area (Å²) >= 11 is 1.80. The molecule has 0 aromatic rings. The van der Waals surface area contributed by atoms with Gasteiger partial charge in [-0.1, -0.05) is 13.3 Å². The van der Waals surface area contributed by atoms with Crippen LogP contribution in [0, 0.1) is 11.8 Å². The summed E-state index contributed by atoms with van der Waals surface area (Å²) in [6, 6.07) is 0.160. The predicted molar refractivity (Wildman–Crippen MR) is 73.7 cm³/mol. The van der Waals surface area contributed by atoms with E-state index < -0.39 is 5.97 Å². The van der Waals surface area contributed by atoms with Gasteiger partial charge in [-0.05, 0) is 31.9 Å². The fourth-order valence-corrected chi connectivity index (χ4v) is 3.02. The van der Waals surface area contributed by atoms with Crippen molar-refractivity contribution in [1.29, 1.82) is 0 Å². The van der Waals surface area contributed by atoms with Crippen LogP contribution in [0.1, 0.15) is 39.5 Å². The Hall–Kier alpha value is -0.710. The molecule has 104 valence electrons. The summed E-state index contributed by atoms with van der Waals surface area (Å²) in [6.07, 6.45) is 2.87. The van der Waals surface area contributed by atoms with E-state index in [1.807, 2.05) is 6.92 Å². The van der Waals surface area contributed by atoms with E-state index in [1.165, 1.54) is 0 Å². The van der Waals surface area contributed by atoms with E-state index in [4.69, 9.17) is 5.11 Å². The summed E-state index contributed by atoms with van der Waals surface area (Å²) < 4.78 is 0. The molecular weight excluding hydrogens is 250 g/mol. The van der Waals surface area contributed by atoms with Gasteiger partial charge in [-0.25, -0.2) is 0 Å². The number of carbonyl (C=O) groups excluding carboxylic acids is 1. The van der Waals surface area contributed by atoms with Gasteiger partial charge in [0.05, 0.1) is 5.92 Å². The number of hydrogen-bond donors (Lipinski definition) is 2. The average molecular weight is 273 g/mol. The van der Waals surface area contributed by atoms with Crippen LogP contribution >= 0.6 is 11.8 Å². The zero-order chi connectivity index (χ0) is 13.5. The van der Waals surface area contributed by atoms with Gasteiger partial charge in [-0.3, -0.25) is 9.59 Å². The molecule has 0 heterocycles. The SMILES string of the molecule is CCSCC(C)NC(=O)C1CCCC(C(=O)O)C1. The van der Waals surface area contributed by atoms with E-state index in [2.05, 4.69) is 12.2 Å². The molecule has 0 aliphatic heterocycles. The minimum Gasteiger partial charge on any atom is -0.481 e. The summed E-state index contributed by atoms with van der Waals surface area (Å²) in [5, 5.41) is 12.0. The summed E-state index contributed by atoms with van der Waals surface area (Å²) in [5.74, 6) is 0.776. The fourth-order valence-electron chi connectivity index (χ4n) is 2.35. The third-order valence-electron chi connectivity index (χ3n) is 3.35. The molecule has 0 bridgehead atoms. The van der Waals surface area contributed by atoms with Crippen LogP contribution in [0.5, 0.6) is 0 Å². The second kappa shape index (κ2) is 7.67. The van der Waals surface area contributed by atoms with Gasteiger partial charge in [-0.2, -0.15) is 11.8 Å². The molecule has 3 unspecified atom stereocenters. The smallest absolute Gasteiger partial charge is 0.306 e. The van der Waals surface area contributed by atoms with E-state index >= 15 is 0 Å².